The third-order valence-electron chi connectivity index (χ3n) is 2.82. The molecule has 0 aliphatic heterocycles. The number of esters is 2. The normalized spacial score (nSPS) is 11.6. The Bertz CT molecular complexity index is 480. The summed E-state index contributed by atoms with van der Waals surface area (Å²) in [7, 11) is 12.4. The van der Waals surface area contributed by atoms with Gasteiger partial charge in [-0.2, -0.15) is 0 Å². The first-order chi connectivity index (χ1) is 12.9. The molecular weight excluding hydrogens is 386 g/mol. The number of ether oxygens (including phenoxy) is 2. The molecule has 0 aromatic heterocycles. The Kier molecular flexibility index (Phi) is 17.0. The average molecular weight is 424 g/mol. The zero-order chi connectivity index (χ0) is 23.8. The van der Waals surface area contributed by atoms with E-state index in [4.69, 9.17) is 15.2 Å². The highest BCUT2D eigenvalue weighted by Crippen LogP contribution is 1.89. The van der Waals surface area contributed by atoms with Crippen LogP contribution >= 0.6 is 0 Å². The lowest BCUT2D eigenvalue weighted by atomic mass is 10.2. The summed E-state index contributed by atoms with van der Waals surface area (Å²) in [5, 5.41) is 19.3. The molecule has 11 heteroatoms. The van der Waals surface area contributed by atoms with E-state index in [1.165, 1.54) is 13.8 Å². The lowest BCUT2D eigenvalue weighted by molar-refractivity contribution is -0.870. The summed E-state index contributed by atoms with van der Waals surface area (Å²) < 4.78 is 11.2. The molecule has 0 bridgehead atoms. The van der Waals surface area contributed by atoms with E-state index >= 15 is 0 Å². The van der Waals surface area contributed by atoms with Crippen LogP contribution in [0.3, 0.4) is 0 Å². The molecule has 2 N–H and O–H groups in total. The van der Waals surface area contributed by atoms with E-state index in [-0.39, 0.29) is 11.9 Å². The summed E-state index contributed by atoms with van der Waals surface area (Å²) in [6.45, 7) is 5.60. The largest absolute Gasteiger partial charge is 0.550 e. The van der Waals surface area contributed by atoms with Gasteiger partial charge in [-0.3, -0.25) is 9.59 Å². The molecule has 1 atom stereocenters. The molecule has 11 nitrogen and oxygen atoms in total. The molecule has 0 saturated heterocycles. The minimum Gasteiger partial charge on any atom is -0.550 e. The number of carboxylic acid groups (broad SMARTS) is 2. The van der Waals surface area contributed by atoms with Crippen molar-refractivity contribution in [2.45, 2.75) is 26.3 Å². The standard InChI is InChI=1S/2C7H16NO2.C4H7NO4/c2*1-7(9)10-6-5-8(2,3)4;5-2(4(8)9)1-3(6)7/h2*5-6H2,1-4H3;2H,1,5H2,(H,6,7)(H,8,9)/q2*+1;/p-2. The van der Waals surface area contributed by atoms with E-state index in [0.717, 1.165) is 22.1 Å². The van der Waals surface area contributed by atoms with Gasteiger partial charge in [0.25, 0.3) is 0 Å². The number of carbonyl (C=O) groups is 4. The van der Waals surface area contributed by atoms with Gasteiger partial charge >= 0.3 is 11.9 Å². The predicted molar refractivity (Wildman–Crippen MR) is 102 cm³/mol. The number of hydrogen-bond donors (Lipinski definition) is 1. The quantitative estimate of drug-likeness (QED) is 0.296. The van der Waals surface area contributed by atoms with Crippen molar-refractivity contribution in [3.05, 3.63) is 0 Å². The molecule has 0 amide bonds. The van der Waals surface area contributed by atoms with E-state index in [0.29, 0.717) is 13.2 Å². The first kappa shape index (κ1) is 31.5. The van der Waals surface area contributed by atoms with Gasteiger partial charge in [0.05, 0.1) is 48.3 Å². The van der Waals surface area contributed by atoms with Crippen LogP contribution in [0.4, 0.5) is 0 Å². The van der Waals surface area contributed by atoms with E-state index in [9.17, 15) is 29.4 Å². The molecule has 0 saturated carbocycles. The van der Waals surface area contributed by atoms with Gasteiger partial charge < -0.3 is 44.0 Å². The number of carbonyl (C=O) groups excluding carboxylic acids is 4. The zero-order valence-corrected chi connectivity index (χ0v) is 18.9. The number of carboxylic acids is 2. The molecule has 1 unspecified atom stereocenters. The number of rotatable bonds is 9. The Morgan fingerprint density at radius 1 is 0.793 bits per heavy atom. The minimum absolute atomic E-state index is 0.201. The molecular formula is C18H37N3O8. The summed E-state index contributed by atoms with van der Waals surface area (Å²) in [6.07, 6.45) is -0.706. The monoisotopic (exact) mass is 423 g/mol. The summed E-state index contributed by atoms with van der Waals surface area (Å²) in [5.41, 5.74) is 4.73. The average Bonchev–Trinajstić information content (AvgIpc) is 2.44. The van der Waals surface area contributed by atoms with Gasteiger partial charge in [0.15, 0.2) is 0 Å². The third-order valence-corrected chi connectivity index (χ3v) is 2.82. The molecule has 0 aliphatic carbocycles. The number of nitrogens with two attached hydrogens (primary N) is 1. The van der Waals surface area contributed by atoms with Crippen LogP contribution in [0.1, 0.15) is 20.3 Å². The molecule has 0 radical (unpaired) electrons. The number of aliphatic carboxylic acids is 2. The molecule has 172 valence electrons. The molecule has 0 heterocycles. The SMILES string of the molecule is CC(=O)OCC[N+](C)(C)C.CC(=O)OCC[N+](C)(C)C.NC(CC(=O)[O-])C(=O)[O-]. The van der Waals surface area contributed by atoms with Crippen LogP contribution in [0.2, 0.25) is 0 Å². The van der Waals surface area contributed by atoms with Crippen LogP contribution < -0.4 is 15.9 Å². The summed E-state index contributed by atoms with van der Waals surface area (Å²) in [5.74, 6) is -3.48. The van der Waals surface area contributed by atoms with Gasteiger partial charge in [-0.05, 0) is 0 Å². The second kappa shape index (κ2) is 15.7. The Hall–Kier alpha value is -2.24. The summed E-state index contributed by atoms with van der Waals surface area (Å²) in [6, 6.07) is -1.46. The van der Waals surface area contributed by atoms with Crippen LogP contribution in [-0.2, 0) is 28.7 Å². The Labute approximate surface area is 173 Å². The summed E-state index contributed by atoms with van der Waals surface area (Å²) >= 11 is 0. The van der Waals surface area contributed by atoms with E-state index in [1.807, 2.05) is 0 Å². The topological polar surface area (TPSA) is 159 Å². The second-order valence-corrected chi connectivity index (χ2v) is 8.21. The first-order valence-electron chi connectivity index (χ1n) is 8.91. The zero-order valence-electron chi connectivity index (χ0n) is 18.9. The van der Waals surface area contributed by atoms with Crippen LogP contribution in [-0.4, -0.2) is 107 Å². The molecule has 29 heavy (non-hydrogen) atoms. The number of nitrogens with zero attached hydrogens (tertiary/aromatic N) is 2. The third kappa shape index (κ3) is 37.2. The van der Waals surface area contributed by atoms with Crippen LogP contribution in [0.15, 0.2) is 0 Å². The summed E-state index contributed by atoms with van der Waals surface area (Å²) in [4.78, 5) is 39.9. The highest BCUT2D eigenvalue weighted by molar-refractivity contribution is 5.78. The molecule has 0 aromatic rings. The van der Waals surface area contributed by atoms with Gasteiger partial charge in [-0.15, -0.1) is 0 Å². The number of quaternary nitrogens is 2. The van der Waals surface area contributed by atoms with Gasteiger partial charge in [0.1, 0.15) is 26.3 Å². The number of hydrogen-bond acceptors (Lipinski definition) is 9. The Balaban J connectivity index is -0.000000350. The van der Waals surface area contributed by atoms with E-state index in [2.05, 4.69) is 42.3 Å². The second-order valence-electron chi connectivity index (χ2n) is 8.21. The highest BCUT2D eigenvalue weighted by atomic mass is 16.5. The van der Waals surface area contributed by atoms with Crippen molar-refractivity contribution < 1.29 is 47.8 Å². The predicted octanol–water partition coefficient (Wildman–Crippen LogP) is -3.28. The van der Waals surface area contributed by atoms with Gasteiger partial charge in [0, 0.05) is 32.3 Å². The van der Waals surface area contributed by atoms with Crippen molar-refractivity contribution in [2.75, 3.05) is 68.6 Å². The van der Waals surface area contributed by atoms with Crippen molar-refractivity contribution >= 4 is 23.9 Å². The van der Waals surface area contributed by atoms with Crippen LogP contribution in [0.25, 0.3) is 0 Å². The maximum atomic E-state index is 10.3. The highest BCUT2D eigenvalue weighted by Gasteiger charge is 2.07. The van der Waals surface area contributed by atoms with Crippen LogP contribution in [0.5, 0.6) is 0 Å². The van der Waals surface area contributed by atoms with Crippen molar-refractivity contribution in [1.82, 2.24) is 0 Å². The smallest absolute Gasteiger partial charge is 0.302 e. The molecule has 0 fully saturated rings. The molecule has 0 aliphatic rings. The van der Waals surface area contributed by atoms with Crippen molar-refractivity contribution in [3.63, 3.8) is 0 Å². The Morgan fingerprint density at radius 2 is 1.10 bits per heavy atom. The molecule has 0 aromatic carbocycles. The van der Waals surface area contributed by atoms with Crippen LogP contribution in [0, 0.1) is 0 Å². The lowest BCUT2D eigenvalue weighted by Crippen LogP contribution is -2.45. The first-order valence-corrected chi connectivity index (χ1v) is 8.91. The van der Waals surface area contributed by atoms with E-state index < -0.39 is 24.4 Å². The maximum Gasteiger partial charge on any atom is 0.302 e. The molecule has 0 rings (SSSR count). The van der Waals surface area contributed by atoms with Crippen molar-refractivity contribution in [3.8, 4) is 0 Å². The van der Waals surface area contributed by atoms with E-state index in [1.54, 1.807) is 0 Å². The van der Waals surface area contributed by atoms with Crippen molar-refractivity contribution in [1.29, 1.82) is 0 Å². The Morgan fingerprint density at radius 3 is 1.24 bits per heavy atom. The molecule has 0 spiro atoms. The fourth-order valence-electron chi connectivity index (χ4n) is 1.19. The fourth-order valence-corrected chi connectivity index (χ4v) is 1.19. The maximum absolute atomic E-state index is 10.3. The van der Waals surface area contributed by atoms with Crippen molar-refractivity contribution in [2.24, 2.45) is 5.73 Å². The number of likely N-dealkylation sites (N-methyl/N-ethyl adjacent to an activating group) is 2. The van der Waals surface area contributed by atoms with Gasteiger partial charge in [-0.25, -0.2) is 0 Å². The fraction of sp³-hybridized carbons (Fsp3) is 0.778. The van der Waals surface area contributed by atoms with Gasteiger partial charge in [0.2, 0.25) is 0 Å². The van der Waals surface area contributed by atoms with Gasteiger partial charge in [-0.1, -0.05) is 0 Å². The lowest BCUT2D eigenvalue weighted by Gasteiger charge is -2.23. The minimum atomic E-state index is -1.58.